The number of nitro benzene ring substituents is 1. The average Bonchev–Trinajstić information content (AvgIpc) is 2.15. The highest BCUT2D eigenvalue weighted by molar-refractivity contribution is 5.34. The van der Waals surface area contributed by atoms with Crippen molar-refractivity contribution in [1.82, 2.24) is 5.32 Å². The van der Waals surface area contributed by atoms with Gasteiger partial charge < -0.3 is 5.32 Å². The highest BCUT2D eigenvalue weighted by atomic mass is 16.6. The molecule has 0 amide bonds. The second kappa shape index (κ2) is 4.41. The lowest BCUT2D eigenvalue weighted by Crippen LogP contribution is -2.09. The maximum Gasteiger partial charge on any atom is 0.269 e. The zero-order valence-electron chi connectivity index (χ0n) is 7.99. The fourth-order valence-corrected chi connectivity index (χ4v) is 1.03. The van der Waals surface area contributed by atoms with Gasteiger partial charge in [-0.2, -0.15) is 0 Å². The van der Waals surface area contributed by atoms with E-state index >= 15 is 0 Å². The smallest absolute Gasteiger partial charge is 0.269 e. The van der Waals surface area contributed by atoms with E-state index in [2.05, 4.69) is 11.9 Å². The van der Waals surface area contributed by atoms with E-state index < -0.39 is 4.92 Å². The maximum absolute atomic E-state index is 10.5. The Morgan fingerprint density at radius 3 is 2.93 bits per heavy atom. The van der Waals surface area contributed by atoms with Gasteiger partial charge in [-0.15, -0.1) is 0 Å². The van der Waals surface area contributed by atoms with Gasteiger partial charge in [0, 0.05) is 24.4 Å². The number of nitro groups is 1. The highest BCUT2D eigenvalue weighted by Gasteiger charge is 2.04. The minimum absolute atomic E-state index is 0.117. The quantitative estimate of drug-likeness (QED) is 0.587. The van der Waals surface area contributed by atoms with Crippen LogP contribution in [0.5, 0.6) is 0 Å². The summed E-state index contributed by atoms with van der Waals surface area (Å²) < 4.78 is 0. The van der Waals surface area contributed by atoms with E-state index in [4.69, 9.17) is 0 Å². The summed E-state index contributed by atoms with van der Waals surface area (Å²) in [6.45, 7) is 6.09. The first kappa shape index (κ1) is 10.2. The minimum atomic E-state index is -0.399. The summed E-state index contributed by atoms with van der Waals surface area (Å²) >= 11 is 0. The van der Waals surface area contributed by atoms with Crippen LogP contribution in [0, 0.1) is 10.1 Å². The van der Waals surface area contributed by atoms with Gasteiger partial charge in [-0.25, -0.2) is 0 Å². The summed E-state index contributed by atoms with van der Waals surface area (Å²) in [5.74, 6) is 0. The molecule has 0 aromatic heterocycles. The fourth-order valence-electron chi connectivity index (χ4n) is 1.03. The summed E-state index contributed by atoms with van der Waals surface area (Å²) in [6.07, 6.45) is 0. The first-order chi connectivity index (χ1) is 6.59. The van der Waals surface area contributed by atoms with Crippen LogP contribution in [0.2, 0.25) is 0 Å². The lowest BCUT2D eigenvalue weighted by molar-refractivity contribution is -0.384. The summed E-state index contributed by atoms with van der Waals surface area (Å²) in [6, 6.07) is 6.54. The van der Waals surface area contributed by atoms with Crippen LogP contribution in [0.1, 0.15) is 12.5 Å². The van der Waals surface area contributed by atoms with Gasteiger partial charge >= 0.3 is 0 Å². The van der Waals surface area contributed by atoms with Gasteiger partial charge in [0.1, 0.15) is 0 Å². The van der Waals surface area contributed by atoms with Gasteiger partial charge in [0.05, 0.1) is 4.92 Å². The van der Waals surface area contributed by atoms with E-state index in [1.54, 1.807) is 12.1 Å². The summed E-state index contributed by atoms with van der Waals surface area (Å²) in [5.41, 5.74) is 1.84. The Labute approximate surface area is 82.4 Å². The van der Waals surface area contributed by atoms with Crippen molar-refractivity contribution in [1.29, 1.82) is 0 Å². The van der Waals surface area contributed by atoms with Gasteiger partial charge in [0.25, 0.3) is 5.69 Å². The van der Waals surface area contributed by atoms with E-state index in [9.17, 15) is 10.1 Å². The van der Waals surface area contributed by atoms with Crippen molar-refractivity contribution >= 4 is 5.69 Å². The predicted octanol–water partition coefficient (Wildman–Crippen LogP) is 2.22. The molecule has 4 nitrogen and oxygen atoms in total. The zero-order chi connectivity index (χ0) is 10.6. The normalized spacial score (nSPS) is 9.50. The second-order valence-corrected chi connectivity index (χ2v) is 3.06. The van der Waals surface area contributed by atoms with Crippen LogP contribution < -0.4 is 5.32 Å². The number of nitrogens with one attached hydrogen (secondary N) is 1. The number of rotatable bonds is 4. The molecule has 1 N–H and O–H groups in total. The highest BCUT2D eigenvalue weighted by Crippen LogP contribution is 2.12. The van der Waals surface area contributed by atoms with Crippen LogP contribution in [-0.2, 0) is 6.54 Å². The fraction of sp³-hybridized carbons (Fsp3) is 0.200. The van der Waals surface area contributed by atoms with E-state index in [-0.39, 0.29) is 5.69 Å². The first-order valence-corrected chi connectivity index (χ1v) is 4.22. The van der Waals surface area contributed by atoms with Crippen molar-refractivity contribution in [3.8, 4) is 0 Å². The van der Waals surface area contributed by atoms with E-state index in [1.807, 2.05) is 13.0 Å². The Kier molecular flexibility index (Phi) is 3.23. The molecule has 1 aromatic carbocycles. The lowest BCUT2D eigenvalue weighted by Gasteiger charge is -2.04. The molecular formula is C10H12N2O2. The van der Waals surface area contributed by atoms with Crippen molar-refractivity contribution in [2.24, 2.45) is 0 Å². The third-order valence-corrected chi connectivity index (χ3v) is 1.72. The summed E-state index contributed by atoms with van der Waals surface area (Å²) in [5, 5.41) is 13.5. The van der Waals surface area contributed by atoms with Crippen LogP contribution in [0.25, 0.3) is 0 Å². The Balaban J connectivity index is 2.73. The van der Waals surface area contributed by atoms with Crippen molar-refractivity contribution in [2.45, 2.75) is 13.5 Å². The largest absolute Gasteiger partial charge is 0.385 e. The van der Waals surface area contributed by atoms with Crippen LogP contribution in [-0.4, -0.2) is 4.92 Å². The molecule has 0 fully saturated rings. The zero-order valence-corrected chi connectivity index (χ0v) is 7.99. The molecule has 0 aliphatic carbocycles. The van der Waals surface area contributed by atoms with Crippen LogP contribution in [0.4, 0.5) is 5.69 Å². The minimum Gasteiger partial charge on any atom is -0.385 e. The molecule has 0 atom stereocenters. The van der Waals surface area contributed by atoms with E-state index in [0.717, 1.165) is 11.3 Å². The molecule has 14 heavy (non-hydrogen) atoms. The standard InChI is InChI=1S/C10H12N2O2/c1-8(2)11-7-9-4-3-5-10(6-9)12(13)14/h3-6,11H,1,7H2,2H3. The van der Waals surface area contributed by atoms with Gasteiger partial charge in [0.2, 0.25) is 0 Å². The van der Waals surface area contributed by atoms with Crippen molar-refractivity contribution < 1.29 is 4.92 Å². The molecule has 0 aliphatic rings. The first-order valence-electron chi connectivity index (χ1n) is 4.22. The number of hydrogen-bond donors (Lipinski definition) is 1. The van der Waals surface area contributed by atoms with Crippen LogP contribution >= 0.6 is 0 Å². The molecule has 74 valence electrons. The lowest BCUT2D eigenvalue weighted by atomic mass is 10.2. The van der Waals surface area contributed by atoms with Gasteiger partial charge in [-0.1, -0.05) is 18.7 Å². The second-order valence-electron chi connectivity index (χ2n) is 3.06. The molecule has 4 heteroatoms. The SMILES string of the molecule is C=C(C)NCc1cccc([N+](=O)[O-])c1. The predicted molar refractivity (Wildman–Crippen MR) is 54.8 cm³/mol. The van der Waals surface area contributed by atoms with Crippen LogP contribution in [0.15, 0.2) is 36.5 Å². The molecule has 0 heterocycles. The van der Waals surface area contributed by atoms with Crippen LogP contribution in [0.3, 0.4) is 0 Å². The summed E-state index contributed by atoms with van der Waals surface area (Å²) in [7, 11) is 0. The molecule has 1 aromatic rings. The Hall–Kier alpha value is -1.84. The van der Waals surface area contributed by atoms with Gasteiger partial charge in [-0.05, 0) is 12.5 Å². The molecule has 0 radical (unpaired) electrons. The Bertz CT molecular complexity index is 361. The molecule has 0 saturated carbocycles. The third-order valence-electron chi connectivity index (χ3n) is 1.72. The molecule has 0 bridgehead atoms. The molecule has 1 rings (SSSR count). The number of non-ortho nitro benzene ring substituents is 1. The number of hydrogen-bond acceptors (Lipinski definition) is 3. The van der Waals surface area contributed by atoms with Gasteiger partial charge in [0.15, 0.2) is 0 Å². The van der Waals surface area contributed by atoms with Crippen molar-refractivity contribution in [3.05, 3.63) is 52.2 Å². The van der Waals surface area contributed by atoms with Gasteiger partial charge in [-0.3, -0.25) is 10.1 Å². The topological polar surface area (TPSA) is 55.2 Å². The third kappa shape index (κ3) is 2.90. The molecule has 0 aliphatic heterocycles. The number of nitrogens with zero attached hydrogens (tertiary/aromatic N) is 1. The molecular weight excluding hydrogens is 180 g/mol. The Morgan fingerprint density at radius 2 is 2.36 bits per heavy atom. The summed E-state index contributed by atoms with van der Waals surface area (Å²) in [4.78, 5) is 10.1. The molecule has 0 spiro atoms. The van der Waals surface area contributed by atoms with Crippen molar-refractivity contribution in [3.63, 3.8) is 0 Å². The number of allylic oxidation sites excluding steroid dienone is 1. The molecule has 0 unspecified atom stereocenters. The average molecular weight is 192 g/mol. The number of benzene rings is 1. The van der Waals surface area contributed by atoms with Crippen molar-refractivity contribution in [2.75, 3.05) is 0 Å². The maximum atomic E-state index is 10.5. The van der Waals surface area contributed by atoms with E-state index in [0.29, 0.717) is 6.54 Å². The van der Waals surface area contributed by atoms with E-state index in [1.165, 1.54) is 6.07 Å². The monoisotopic (exact) mass is 192 g/mol. The Morgan fingerprint density at radius 1 is 1.64 bits per heavy atom. The molecule has 0 saturated heterocycles.